The Kier molecular flexibility index (Phi) is 7.95. The number of fused-ring (bicyclic) bond motifs is 20. The summed E-state index contributed by atoms with van der Waals surface area (Å²) < 4.78 is 7.04. The molecule has 69 heavy (non-hydrogen) atoms. The largest absolute Gasteiger partial charge is 0.455 e. The summed E-state index contributed by atoms with van der Waals surface area (Å²) in [5, 5.41) is 2.27. The number of benzene rings is 10. The minimum Gasteiger partial charge on any atom is -0.455 e. The van der Waals surface area contributed by atoms with Crippen molar-refractivity contribution < 1.29 is 4.42 Å². The van der Waals surface area contributed by atoms with E-state index in [4.69, 9.17) is 9.40 Å². The molecule has 0 N–H and O–H groups in total. The topological polar surface area (TPSA) is 26.0 Å². The molecule has 3 aliphatic rings. The van der Waals surface area contributed by atoms with Gasteiger partial charge in [0.1, 0.15) is 11.2 Å². The number of rotatable bonds is 4. The first-order valence-corrected chi connectivity index (χ1v) is 23.9. The van der Waals surface area contributed by atoms with Crippen LogP contribution in [0.1, 0.15) is 44.5 Å². The Balaban J connectivity index is 1.01. The normalized spacial score (nSPS) is 14.0. The molecule has 0 aliphatic heterocycles. The van der Waals surface area contributed by atoms with Crippen LogP contribution in [0.15, 0.2) is 253 Å². The quantitative estimate of drug-likeness (QED) is 0.176. The fraction of sp³-hybridized carbons (Fsp3) is 0.0299. The molecule has 15 rings (SSSR count). The van der Waals surface area contributed by atoms with Gasteiger partial charge in [0.15, 0.2) is 0 Å². The molecule has 2 spiro atoms. The molecule has 2 heterocycles. The summed E-state index contributed by atoms with van der Waals surface area (Å²) in [6.07, 6.45) is 0. The van der Waals surface area contributed by atoms with E-state index in [1.807, 2.05) is 0 Å². The monoisotopic (exact) mass is 875 g/mol. The molecule has 12 aromatic rings. The maximum atomic E-state index is 7.04. The van der Waals surface area contributed by atoms with Crippen LogP contribution in [0.2, 0.25) is 0 Å². The van der Waals surface area contributed by atoms with Crippen molar-refractivity contribution in [2.24, 2.45) is 0 Å². The zero-order chi connectivity index (χ0) is 45.3. The highest BCUT2D eigenvalue weighted by molar-refractivity contribution is 6.13. The molecule has 0 fully saturated rings. The Morgan fingerprint density at radius 1 is 0.290 bits per heavy atom. The smallest absolute Gasteiger partial charge is 0.143 e. The van der Waals surface area contributed by atoms with Crippen molar-refractivity contribution in [2.45, 2.75) is 10.8 Å². The van der Waals surface area contributed by atoms with Gasteiger partial charge in [0.25, 0.3) is 0 Å². The van der Waals surface area contributed by atoms with Gasteiger partial charge in [-0.2, -0.15) is 0 Å². The minimum absolute atomic E-state index is 0.531. The third-order valence-corrected chi connectivity index (χ3v) is 15.6. The summed E-state index contributed by atoms with van der Waals surface area (Å²) in [5.41, 5.74) is 24.7. The average molecular weight is 876 g/mol. The van der Waals surface area contributed by atoms with E-state index in [1.54, 1.807) is 0 Å². The van der Waals surface area contributed by atoms with E-state index in [9.17, 15) is 0 Å². The number of furan rings is 1. The van der Waals surface area contributed by atoms with Gasteiger partial charge in [0.05, 0.1) is 22.2 Å². The van der Waals surface area contributed by atoms with Gasteiger partial charge in [-0.3, -0.25) is 0 Å². The van der Waals surface area contributed by atoms with Crippen molar-refractivity contribution in [1.82, 2.24) is 4.98 Å². The van der Waals surface area contributed by atoms with Crippen LogP contribution < -0.4 is 0 Å². The van der Waals surface area contributed by atoms with E-state index >= 15 is 0 Å². The number of para-hydroxylation sites is 1. The lowest BCUT2D eigenvalue weighted by Gasteiger charge is -2.49. The fourth-order valence-electron chi connectivity index (χ4n) is 12.9. The zero-order valence-corrected chi connectivity index (χ0v) is 37.5. The lowest BCUT2D eigenvalue weighted by Crippen LogP contribution is -2.44. The van der Waals surface area contributed by atoms with Gasteiger partial charge < -0.3 is 4.42 Å². The third-order valence-electron chi connectivity index (χ3n) is 15.6. The van der Waals surface area contributed by atoms with Gasteiger partial charge >= 0.3 is 0 Å². The van der Waals surface area contributed by atoms with Crippen LogP contribution in [0.5, 0.6) is 0 Å². The fourth-order valence-corrected chi connectivity index (χ4v) is 12.9. The summed E-state index contributed by atoms with van der Waals surface area (Å²) in [7, 11) is 0. The molecular formula is C67H41NO. The van der Waals surface area contributed by atoms with Crippen molar-refractivity contribution in [3.63, 3.8) is 0 Å². The SMILES string of the molecule is c1ccc(-c2cc(-c3ccc(-c4cccc5c4C4(c6ccccc6C6(c7ccccc7-c7ccccc76)c6ccccc64)c4ccc6c(oc7ccccc76)c4-5)cc3)cc(-c3ccccc3)n2)cc1. The molecule has 0 atom stereocenters. The molecule has 2 nitrogen and oxygen atoms in total. The molecule has 0 bridgehead atoms. The lowest BCUT2D eigenvalue weighted by atomic mass is 9.52. The van der Waals surface area contributed by atoms with Crippen molar-refractivity contribution >= 4 is 21.9 Å². The number of hydrogen-bond acceptors (Lipinski definition) is 2. The van der Waals surface area contributed by atoms with Crippen LogP contribution in [0.3, 0.4) is 0 Å². The van der Waals surface area contributed by atoms with Crippen molar-refractivity contribution in [1.29, 1.82) is 0 Å². The average Bonchev–Trinajstić information content (AvgIpc) is 4.06. The first-order chi connectivity index (χ1) is 34.2. The van der Waals surface area contributed by atoms with E-state index in [0.29, 0.717) is 0 Å². The highest BCUT2D eigenvalue weighted by Gasteiger charge is 2.59. The molecule has 0 amide bonds. The summed E-state index contributed by atoms with van der Waals surface area (Å²) in [4.78, 5) is 5.19. The maximum Gasteiger partial charge on any atom is 0.143 e. The highest BCUT2D eigenvalue weighted by Crippen LogP contribution is 2.69. The Labute approximate surface area is 400 Å². The van der Waals surface area contributed by atoms with Gasteiger partial charge in [-0.05, 0) is 102 Å². The van der Waals surface area contributed by atoms with Crippen molar-refractivity contribution in [2.75, 3.05) is 0 Å². The molecule has 0 radical (unpaired) electrons. The number of pyridine rings is 1. The third kappa shape index (κ3) is 5.07. The second-order valence-corrected chi connectivity index (χ2v) is 18.8. The minimum atomic E-state index is -0.696. The molecular weight excluding hydrogens is 835 g/mol. The highest BCUT2D eigenvalue weighted by atomic mass is 16.3. The predicted octanol–water partition coefficient (Wildman–Crippen LogP) is 16.7. The van der Waals surface area contributed by atoms with Gasteiger partial charge in [-0.15, -0.1) is 0 Å². The number of aromatic nitrogens is 1. The second kappa shape index (κ2) is 14.3. The molecule has 3 aliphatic carbocycles. The van der Waals surface area contributed by atoms with Gasteiger partial charge in [0.2, 0.25) is 0 Å². The van der Waals surface area contributed by atoms with Crippen molar-refractivity contribution in [3.8, 4) is 67.0 Å². The van der Waals surface area contributed by atoms with Gasteiger partial charge in [-0.25, -0.2) is 4.98 Å². The van der Waals surface area contributed by atoms with Crippen LogP contribution in [0, 0.1) is 0 Å². The van der Waals surface area contributed by atoms with Crippen molar-refractivity contribution in [3.05, 3.63) is 293 Å². The van der Waals surface area contributed by atoms with E-state index in [0.717, 1.165) is 61.1 Å². The van der Waals surface area contributed by atoms with Crippen LogP contribution >= 0.6 is 0 Å². The van der Waals surface area contributed by atoms with E-state index in [1.165, 1.54) is 72.3 Å². The summed E-state index contributed by atoms with van der Waals surface area (Å²) >= 11 is 0. The molecule has 0 saturated heterocycles. The molecule has 0 saturated carbocycles. The van der Waals surface area contributed by atoms with Gasteiger partial charge in [-0.1, -0.05) is 231 Å². The molecule has 2 heteroatoms. The van der Waals surface area contributed by atoms with Gasteiger partial charge in [0, 0.05) is 27.5 Å². The first kappa shape index (κ1) is 38.3. The van der Waals surface area contributed by atoms with E-state index in [-0.39, 0.29) is 0 Å². The maximum absolute atomic E-state index is 7.04. The zero-order valence-electron chi connectivity index (χ0n) is 37.5. The molecule has 320 valence electrons. The lowest BCUT2D eigenvalue weighted by molar-refractivity contribution is 0.632. The Morgan fingerprint density at radius 3 is 1.38 bits per heavy atom. The summed E-state index contributed by atoms with van der Waals surface area (Å²) in [6.45, 7) is 0. The Hall–Kier alpha value is -8.85. The standard InChI is InChI=1S/C67H41NO/c1-3-18-44(19-4-1)60-40-46(41-61(68-60)45-20-5-2-6-21-45)42-34-36-43(37-35-42)47-25-17-26-52-63-59(39-38-51-50-24-9-16-33-62(50)69-65(51)63)67(64(47)52)57-31-14-12-29-55(57)66(56-30-13-15-32-58(56)67)53-27-10-7-22-48(53)49-23-8-11-28-54(49)66/h1-41H. The van der Waals surface area contributed by atoms with E-state index in [2.05, 4.69) is 249 Å². The number of hydrogen-bond donors (Lipinski definition) is 0. The Morgan fingerprint density at radius 2 is 0.768 bits per heavy atom. The van der Waals surface area contributed by atoms with Crippen LogP contribution in [-0.4, -0.2) is 4.98 Å². The van der Waals surface area contributed by atoms with Crippen LogP contribution in [0.4, 0.5) is 0 Å². The molecule has 10 aromatic carbocycles. The van der Waals surface area contributed by atoms with Crippen LogP contribution in [0.25, 0.3) is 89.0 Å². The Bertz CT molecular complexity index is 3910. The molecule has 0 unspecified atom stereocenters. The van der Waals surface area contributed by atoms with Crippen LogP contribution in [-0.2, 0) is 10.8 Å². The second-order valence-electron chi connectivity index (χ2n) is 18.8. The summed E-state index contributed by atoms with van der Waals surface area (Å²) in [6, 6.07) is 91.8. The summed E-state index contributed by atoms with van der Waals surface area (Å²) in [5.74, 6) is 0. The first-order valence-electron chi connectivity index (χ1n) is 23.9. The molecule has 2 aromatic heterocycles. The van der Waals surface area contributed by atoms with E-state index < -0.39 is 10.8 Å². The predicted molar refractivity (Wildman–Crippen MR) is 281 cm³/mol. The number of nitrogens with zero attached hydrogens (tertiary/aromatic N) is 1.